The van der Waals surface area contributed by atoms with Gasteiger partial charge in [-0.3, -0.25) is 4.79 Å². The number of ether oxygens (including phenoxy) is 1. The molecule has 0 spiro atoms. The smallest absolute Gasteiger partial charge is 0.185 e. The van der Waals surface area contributed by atoms with E-state index in [-0.39, 0.29) is 17.6 Å². The largest absolute Gasteiger partial charge is 0.495 e. The van der Waals surface area contributed by atoms with E-state index in [1.54, 1.807) is 12.6 Å². The van der Waals surface area contributed by atoms with Crippen molar-refractivity contribution in [3.63, 3.8) is 0 Å². The molecule has 6 rings (SSSR count). The van der Waals surface area contributed by atoms with E-state index >= 15 is 0 Å². The van der Waals surface area contributed by atoms with Crippen molar-refractivity contribution in [2.75, 3.05) is 12.8 Å². The Morgan fingerprint density at radius 2 is 2.09 bits per heavy atom. The van der Waals surface area contributed by atoms with Gasteiger partial charge in [-0.05, 0) is 37.8 Å². The van der Waals surface area contributed by atoms with Crippen LogP contribution in [-0.4, -0.2) is 42.4 Å². The highest BCUT2D eigenvalue weighted by Gasteiger charge is 2.32. The van der Waals surface area contributed by atoms with E-state index < -0.39 is 0 Å². The van der Waals surface area contributed by atoms with Crippen LogP contribution in [0.4, 0.5) is 5.82 Å². The number of nitrogens with two attached hydrogens (primary N) is 1. The first-order valence-electron chi connectivity index (χ1n) is 11.2. The van der Waals surface area contributed by atoms with Gasteiger partial charge in [0.1, 0.15) is 34.8 Å². The molecule has 0 unspecified atom stereocenters. The number of hydrogen-bond donors (Lipinski definition) is 2. The Hall–Kier alpha value is -3.79. The Morgan fingerprint density at radius 1 is 1.24 bits per heavy atom. The highest BCUT2D eigenvalue weighted by molar-refractivity contribution is 7.07. The minimum Gasteiger partial charge on any atom is -0.495 e. The molecule has 1 saturated carbocycles. The van der Waals surface area contributed by atoms with Crippen LogP contribution in [0.1, 0.15) is 47.9 Å². The first kappa shape index (κ1) is 20.8. The third-order valence-electron chi connectivity index (χ3n) is 6.73. The lowest BCUT2D eigenvalue weighted by Gasteiger charge is -2.26. The Bertz CT molecular complexity index is 1500. The molecule has 0 bridgehead atoms. The van der Waals surface area contributed by atoms with Crippen molar-refractivity contribution >= 4 is 39.4 Å². The van der Waals surface area contributed by atoms with E-state index in [1.807, 2.05) is 34.2 Å². The fourth-order valence-electron chi connectivity index (χ4n) is 5.01. The number of nitrogens with one attached hydrogen (secondary N) is 1. The van der Waals surface area contributed by atoms with E-state index in [4.69, 9.17) is 15.5 Å². The molecule has 34 heavy (non-hydrogen) atoms. The maximum absolute atomic E-state index is 12.8. The summed E-state index contributed by atoms with van der Waals surface area (Å²) in [6.07, 6.45) is 4.76. The molecule has 1 aliphatic rings. The van der Waals surface area contributed by atoms with Gasteiger partial charge in [0, 0.05) is 22.6 Å². The number of hydrogen-bond acceptors (Lipinski definition) is 8. The van der Waals surface area contributed by atoms with Gasteiger partial charge in [-0.15, -0.1) is 11.3 Å². The predicted molar refractivity (Wildman–Crippen MR) is 130 cm³/mol. The highest BCUT2D eigenvalue weighted by Crippen LogP contribution is 2.39. The van der Waals surface area contributed by atoms with Gasteiger partial charge in [0.15, 0.2) is 11.6 Å². The van der Waals surface area contributed by atoms with Crippen molar-refractivity contribution in [2.24, 2.45) is 5.92 Å². The second-order valence-corrected chi connectivity index (χ2v) is 9.34. The van der Waals surface area contributed by atoms with Crippen LogP contribution in [0.3, 0.4) is 0 Å². The predicted octanol–water partition coefficient (Wildman–Crippen LogP) is 4.48. The molecular weight excluding hydrogens is 450 g/mol. The normalized spacial score (nSPS) is 18.5. The van der Waals surface area contributed by atoms with Gasteiger partial charge in [-0.2, -0.15) is 5.10 Å². The molecule has 3 N–H and O–H groups in total. The third kappa shape index (κ3) is 3.33. The average molecular weight is 474 g/mol. The Balaban J connectivity index is 1.36. The first-order chi connectivity index (χ1) is 16.6. The lowest BCUT2D eigenvalue weighted by molar-refractivity contribution is 0.0878. The third-order valence-corrected chi connectivity index (χ3v) is 7.31. The van der Waals surface area contributed by atoms with Crippen molar-refractivity contribution in [3.05, 3.63) is 53.0 Å². The minimum atomic E-state index is 0.00455. The fraction of sp³-hybridized carbons (Fsp3) is 0.292. The number of rotatable bonds is 5. The van der Waals surface area contributed by atoms with Crippen LogP contribution >= 0.6 is 11.3 Å². The van der Waals surface area contributed by atoms with Crippen molar-refractivity contribution in [1.82, 2.24) is 29.5 Å². The zero-order valence-corrected chi connectivity index (χ0v) is 19.4. The quantitative estimate of drug-likeness (QED) is 0.361. The average Bonchev–Trinajstić information content (AvgIpc) is 3.62. The number of thiazole rings is 1. The number of anilines is 1. The van der Waals surface area contributed by atoms with Crippen molar-refractivity contribution < 1.29 is 9.53 Å². The minimum absolute atomic E-state index is 0.00455. The number of H-pyrrole nitrogens is 1. The van der Waals surface area contributed by atoms with E-state index in [0.29, 0.717) is 22.7 Å². The number of benzene rings is 1. The number of nitrogen functional groups attached to an aromatic ring is 1. The molecule has 1 aliphatic carbocycles. The van der Waals surface area contributed by atoms with Crippen LogP contribution in [0.15, 0.2) is 41.5 Å². The van der Waals surface area contributed by atoms with Crippen LogP contribution in [0.2, 0.25) is 0 Å². The van der Waals surface area contributed by atoms with E-state index in [1.165, 1.54) is 17.7 Å². The summed E-state index contributed by atoms with van der Waals surface area (Å²) in [4.78, 5) is 29.6. The zero-order chi connectivity index (χ0) is 23.2. The van der Waals surface area contributed by atoms with Gasteiger partial charge in [0.25, 0.3) is 0 Å². The number of methoxy groups -OCH3 is 1. The summed E-state index contributed by atoms with van der Waals surface area (Å²) in [5.41, 5.74) is 11.7. The molecule has 0 saturated heterocycles. The molecule has 0 radical (unpaired) electrons. The summed E-state index contributed by atoms with van der Waals surface area (Å²) >= 11 is 1.45. The maximum Gasteiger partial charge on any atom is 0.185 e. The summed E-state index contributed by atoms with van der Waals surface area (Å²) in [7, 11) is 1.65. The summed E-state index contributed by atoms with van der Waals surface area (Å²) in [5, 5.41) is 7.35. The summed E-state index contributed by atoms with van der Waals surface area (Å²) in [6.45, 7) is 0. The Morgan fingerprint density at radius 3 is 2.85 bits per heavy atom. The van der Waals surface area contributed by atoms with Gasteiger partial charge in [0.05, 0.1) is 23.8 Å². The van der Waals surface area contributed by atoms with E-state index in [9.17, 15) is 4.79 Å². The fourth-order valence-corrected chi connectivity index (χ4v) is 5.55. The molecule has 0 atom stereocenters. The summed E-state index contributed by atoms with van der Waals surface area (Å²) < 4.78 is 7.32. The molecule has 10 heteroatoms. The van der Waals surface area contributed by atoms with E-state index in [2.05, 4.69) is 20.1 Å². The molecule has 0 amide bonds. The second-order valence-electron chi connectivity index (χ2n) is 8.62. The standard InChI is InChI=1S/C24H23N7O2S/c1-33-18-4-2-3-15-9-16(29-19(15)18)20-21-23(25)26-11-28-31(21)24(30-20)14-7-5-13(6-8-14)22(32)17-10-34-12-27-17/h2-4,9-14,29H,5-8H2,1H3,(H2,25,26,28). The number of aromatic amines is 1. The molecule has 1 fully saturated rings. The molecular formula is C24H23N7O2S. The second kappa shape index (κ2) is 8.21. The number of carbonyl (C=O) groups excluding carboxylic acids is 1. The number of imidazole rings is 1. The van der Waals surface area contributed by atoms with E-state index in [0.717, 1.165) is 53.9 Å². The van der Waals surface area contributed by atoms with Crippen molar-refractivity contribution in [2.45, 2.75) is 31.6 Å². The molecule has 9 nitrogen and oxygen atoms in total. The Kier molecular flexibility index (Phi) is 5.02. The van der Waals surface area contributed by atoms with Gasteiger partial charge in [0.2, 0.25) is 0 Å². The molecule has 5 aromatic rings. The van der Waals surface area contributed by atoms with Crippen molar-refractivity contribution in [1.29, 1.82) is 0 Å². The van der Waals surface area contributed by atoms with Crippen LogP contribution in [0.25, 0.3) is 27.8 Å². The molecule has 4 heterocycles. The van der Waals surface area contributed by atoms with Crippen molar-refractivity contribution in [3.8, 4) is 17.1 Å². The zero-order valence-electron chi connectivity index (χ0n) is 18.6. The van der Waals surface area contributed by atoms with Gasteiger partial charge in [-0.25, -0.2) is 19.5 Å². The number of Topliss-reactive ketones (excluding diaryl/α,β-unsaturated/α-hetero) is 1. The topological polar surface area (TPSA) is 124 Å². The number of aromatic nitrogens is 6. The number of para-hydroxylation sites is 1. The molecule has 4 aromatic heterocycles. The van der Waals surface area contributed by atoms with Crippen LogP contribution < -0.4 is 10.5 Å². The van der Waals surface area contributed by atoms with Crippen LogP contribution in [0.5, 0.6) is 5.75 Å². The molecule has 0 aliphatic heterocycles. The van der Waals surface area contributed by atoms with Gasteiger partial charge in [-0.1, -0.05) is 12.1 Å². The lowest BCUT2D eigenvalue weighted by atomic mass is 9.79. The van der Waals surface area contributed by atoms with Gasteiger partial charge < -0.3 is 15.5 Å². The monoisotopic (exact) mass is 473 g/mol. The maximum atomic E-state index is 12.8. The number of ketones is 1. The first-order valence-corrected chi connectivity index (χ1v) is 12.2. The Labute approximate surface area is 199 Å². The van der Waals surface area contributed by atoms with Gasteiger partial charge >= 0.3 is 0 Å². The van der Waals surface area contributed by atoms with Crippen LogP contribution in [-0.2, 0) is 0 Å². The van der Waals surface area contributed by atoms with Crippen LogP contribution in [0, 0.1) is 5.92 Å². The number of fused-ring (bicyclic) bond motifs is 2. The summed E-state index contributed by atoms with van der Waals surface area (Å²) in [5.74, 6) is 2.32. The highest BCUT2D eigenvalue weighted by atomic mass is 32.1. The molecule has 1 aromatic carbocycles. The lowest BCUT2D eigenvalue weighted by Crippen LogP contribution is -2.22. The SMILES string of the molecule is COc1cccc2cc(-c3nc(C4CCC(C(=O)c5cscn5)CC4)n4ncnc(N)c34)[nH]c12. The number of nitrogens with zero attached hydrogens (tertiary/aromatic N) is 5. The summed E-state index contributed by atoms with van der Waals surface area (Å²) in [6, 6.07) is 7.94. The molecule has 172 valence electrons. The number of carbonyl (C=O) groups is 1.